The van der Waals surface area contributed by atoms with Crippen LogP contribution in [0.25, 0.3) is 0 Å². The highest BCUT2D eigenvalue weighted by Crippen LogP contribution is 2.16. The Morgan fingerprint density at radius 3 is 2.65 bits per heavy atom. The van der Waals surface area contributed by atoms with Gasteiger partial charge in [-0.3, -0.25) is 9.59 Å². The van der Waals surface area contributed by atoms with Gasteiger partial charge in [0.1, 0.15) is 5.75 Å². The fourth-order valence-electron chi connectivity index (χ4n) is 1.72. The first-order chi connectivity index (χ1) is 9.67. The molecule has 0 heterocycles. The highest BCUT2D eigenvalue weighted by Gasteiger charge is 2.12. The number of unbranched alkanes of at least 4 members (excludes halogenated alkanes) is 3. The zero-order valence-corrected chi connectivity index (χ0v) is 12.1. The van der Waals surface area contributed by atoms with Gasteiger partial charge in [0.05, 0.1) is 7.11 Å². The fourth-order valence-corrected chi connectivity index (χ4v) is 1.72. The van der Waals surface area contributed by atoms with Gasteiger partial charge in [-0.25, -0.2) is 0 Å². The number of carbonyl (C=O) groups excluding carboxylic acids is 2. The van der Waals surface area contributed by atoms with Crippen molar-refractivity contribution in [2.75, 3.05) is 19.0 Å². The van der Waals surface area contributed by atoms with Crippen LogP contribution in [0.4, 0.5) is 5.69 Å². The lowest BCUT2D eigenvalue weighted by atomic mass is 10.2. The van der Waals surface area contributed by atoms with E-state index in [0.29, 0.717) is 18.0 Å². The van der Waals surface area contributed by atoms with Gasteiger partial charge in [0.25, 0.3) is 0 Å². The van der Waals surface area contributed by atoms with Gasteiger partial charge in [0.15, 0.2) is 0 Å². The number of anilines is 1. The maximum atomic E-state index is 11.7. The minimum atomic E-state index is -0.659. The van der Waals surface area contributed by atoms with Crippen LogP contribution in [0.15, 0.2) is 24.3 Å². The van der Waals surface area contributed by atoms with E-state index in [1.165, 1.54) is 0 Å². The summed E-state index contributed by atoms with van der Waals surface area (Å²) in [6, 6.07) is 6.88. The average molecular weight is 278 g/mol. The van der Waals surface area contributed by atoms with Gasteiger partial charge in [-0.1, -0.05) is 32.3 Å². The fraction of sp³-hybridized carbons (Fsp3) is 0.467. The van der Waals surface area contributed by atoms with Crippen molar-refractivity contribution in [2.45, 2.75) is 32.6 Å². The molecular formula is C15H22N2O3. The summed E-state index contributed by atoms with van der Waals surface area (Å²) in [5.41, 5.74) is 0.537. The Morgan fingerprint density at radius 2 is 1.95 bits per heavy atom. The van der Waals surface area contributed by atoms with E-state index in [9.17, 15) is 9.59 Å². The molecule has 1 rings (SSSR count). The third kappa shape index (κ3) is 5.73. The van der Waals surface area contributed by atoms with E-state index in [1.807, 2.05) is 0 Å². The molecule has 0 aliphatic heterocycles. The SMILES string of the molecule is CCCCCCNC(=O)C(=O)Nc1cccc(OC)c1. The van der Waals surface area contributed by atoms with Crippen LogP contribution in [0, 0.1) is 0 Å². The molecule has 0 saturated heterocycles. The molecule has 1 aromatic carbocycles. The molecule has 2 amide bonds. The second-order valence-corrected chi connectivity index (χ2v) is 4.50. The standard InChI is InChI=1S/C15H22N2O3/c1-3-4-5-6-10-16-14(18)15(19)17-12-8-7-9-13(11-12)20-2/h7-9,11H,3-6,10H2,1-2H3,(H,16,18)(H,17,19). The van der Waals surface area contributed by atoms with Gasteiger partial charge in [0, 0.05) is 18.3 Å². The van der Waals surface area contributed by atoms with Crippen LogP contribution in [-0.2, 0) is 9.59 Å². The Balaban J connectivity index is 2.35. The van der Waals surface area contributed by atoms with Gasteiger partial charge >= 0.3 is 11.8 Å². The molecule has 0 aliphatic rings. The second-order valence-electron chi connectivity index (χ2n) is 4.50. The number of methoxy groups -OCH3 is 1. The van der Waals surface area contributed by atoms with Crippen LogP contribution in [-0.4, -0.2) is 25.5 Å². The van der Waals surface area contributed by atoms with Crippen LogP contribution in [0.2, 0.25) is 0 Å². The van der Waals surface area contributed by atoms with Gasteiger partial charge in [0.2, 0.25) is 0 Å². The van der Waals surface area contributed by atoms with Crippen LogP contribution in [0.1, 0.15) is 32.6 Å². The molecule has 5 heteroatoms. The third-order valence-corrected chi connectivity index (χ3v) is 2.85. The van der Waals surface area contributed by atoms with Crippen molar-refractivity contribution >= 4 is 17.5 Å². The number of hydrogen-bond donors (Lipinski definition) is 2. The number of hydrogen-bond acceptors (Lipinski definition) is 3. The van der Waals surface area contributed by atoms with Crippen molar-refractivity contribution in [3.05, 3.63) is 24.3 Å². The predicted molar refractivity (Wildman–Crippen MR) is 78.8 cm³/mol. The van der Waals surface area contributed by atoms with E-state index < -0.39 is 11.8 Å². The maximum Gasteiger partial charge on any atom is 0.313 e. The normalized spacial score (nSPS) is 9.90. The number of amides is 2. The van der Waals surface area contributed by atoms with Crippen LogP contribution < -0.4 is 15.4 Å². The molecule has 0 aliphatic carbocycles. The van der Waals surface area contributed by atoms with Gasteiger partial charge < -0.3 is 15.4 Å². The van der Waals surface area contributed by atoms with E-state index in [1.54, 1.807) is 31.4 Å². The molecule has 20 heavy (non-hydrogen) atoms. The molecule has 0 atom stereocenters. The van der Waals surface area contributed by atoms with E-state index in [-0.39, 0.29) is 0 Å². The number of ether oxygens (including phenoxy) is 1. The quantitative estimate of drug-likeness (QED) is 0.594. The molecule has 0 spiro atoms. The minimum absolute atomic E-state index is 0.532. The summed E-state index contributed by atoms with van der Waals surface area (Å²) >= 11 is 0. The maximum absolute atomic E-state index is 11.7. The topological polar surface area (TPSA) is 67.4 Å². The van der Waals surface area contributed by atoms with Crippen LogP contribution in [0.5, 0.6) is 5.75 Å². The first kappa shape index (κ1) is 16.0. The van der Waals surface area contributed by atoms with Gasteiger partial charge in [-0.2, -0.15) is 0 Å². The average Bonchev–Trinajstić information content (AvgIpc) is 2.47. The predicted octanol–water partition coefficient (Wildman–Crippen LogP) is 2.33. The lowest BCUT2D eigenvalue weighted by Crippen LogP contribution is -2.35. The summed E-state index contributed by atoms with van der Waals surface area (Å²) < 4.78 is 5.05. The summed E-state index contributed by atoms with van der Waals surface area (Å²) in [6.07, 6.45) is 4.25. The molecule has 0 radical (unpaired) electrons. The molecule has 0 saturated carbocycles. The molecule has 2 N–H and O–H groups in total. The summed E-state index contributed by atoms with van der Waals surface area (Å²) in [5.74, 6) is -0.638. The van der Waals surface area contributed by atoms with Crippen LogP contribution >= 0.6 is 0 Å². The second kappa shape index (κ2) is 8.96. The van der Waals surface area contributed by atoms with E-state index >= 15 is 0 Å². The molecule has 110 valence electrons. The Morgan fingerprint density at radius 1 is 1.15 bits per heavy atom. The van der Waals surface area contributed by atoms with Crippen molar-refractivity contribution < 1.29 is 14.3 Å². The first-order valence-electron chi connectivity index (χ1n) is 6.90. The summed E-state index contributed by atoms with van der Waals surface area (Å²) in [6.45, 7) is 2.66. The Bertz CT molecular complexity index is 446. The molecule has 0 fully saturated rings. The summed E-state index contributed by atoms with van der Waals surface area (Å²) in [4.78, 5) is 23.2. The summed E-state index contributed by atoms with van der Waals surface area (Å²) in [7, 11) is 1.55. The highest BCUT2D eigenvalue weighted by molar-refractivity contribution is 6.39. The molecule has 0 aromatic heterocycles. The Hall–Kier alpha value is -2.04. The lowest BCUT2D eigenvalue weighted by molar-refractivity contribution is -0.136. The monoisotopic (exact) mass is 278 g/mol. The number of carbonyl (C=O) groups is 2. The molecule has 1 aromatic rings. The minimum Gasteiger partial charge on any atom is -0.497 e. The van der Waals surface area contributed by atoms with Gasteiger partial charge in [-0.05, 0) is 18.6 Å². The number of benzene rings is 1. The van der Waals surface area contributed by atoms with Crippen LogP contribution in [0.3, 0.4) is 0 Å². The van der Waals surface area contributed by atoms with E-state index in [0.717, 1.165) is 25.7 Å². The largest absolute Gasteiger partial charge is 0.497 e. The molecular weight excluding hydrogens is 256 g/mol. The van der Waals surface area contributed by atoms with Gasteiger partial charge in [-0.15, -0.1) is 0 Å². The Kier molecular flexibility index (Phi) is 7.17. The zero-order valence-electron chi connectivity index (χ0n) is 12.1. The van der Waals surface area contributed by atoms with Crippen molar-refractivity contribution in [3.63, 3.8) is 0 Å². The third-order valence-electron chi connectivity index (χ3n) is 2.85. The number of rotatable bonds is 7. The molecule has 0 bridgehead atoms. The zero-order chi connectivity index (χ0) is 14.8. The molecule has 5 nitrogen and oxygen atoms in total. The molecule has 0 unspecified atom stereocenters. The lowest BCUT2D eigenvalue weighted by Gasteiger charge is -2.07. The van der Waals surface area contributed by atoms with E-state index in [2.05, 4.69) is 17.6 Å². The van der Waals surface area contributed by atoms with Crippen molar-refractivity contribution in [1.82, 2.24) is 5.32 Å². The first-order valence-corrected chi connectivity index (χ1v) is 6.90. The Labute approximate surface area is 119 Å². The smallest absolute Gasteiger partial charge is 0.313 e. The van der Waals surface area contributed by atoms with Crippen molar-refractivity contribution in [2.24, 2.45) is 0 Å². The number of nitrogens with one attached hydrogen (secondary N) is 2. The van der Waals surface area contributed by atoms with E-state index in [4.69, 9.17) is 4.74 Å². The van der Waals surface area contributed by atoms with Crippen molar-refractivity contribution in [3.8, 4) is 5.75 Å². The highest BCUT2D eigenvalue weighted by atomic mass is 16.5. The summed E-state index contributed by atoms with van der Waals surface area (Å²) in [5, 5.41) is 5.15. The van der Waals surface area contributed by atoms with Crippen molar-refractivity contribution in [1.29, 1.82) is 0 Å².